The van der Waals surface area contributed by atoms with Crippen molar-refractivity contribution in [2.24, 2.45) is 11.3 Å². The van der Waals surface area contributed by atoms with E-state index in [0.717, 1.165) is 29.7 Å². The minimum Gasteiger partial charge on any atom is -0.381 e. The third-order valence-corrected chi connectivity index (χ3v) is 7.33. The Morgan fingerprint density at radius 1 is 1.33 bits per heavy atom. The van der Waals surface area contributed by atoms with Crippen LogP contribution in [0.4, 0.5) is 11.6 Å². The Morgan fingerprint density at radius 3 is 2.75 bits per heavy atom. The van der Waals surface area contributed by atoms with Gasteiger partial charge in [0.05, 0.1) is 16.2 Å². The molecule has 126 valence electrons. The highest BCUT2D eigenvalue weighted by Gasteiger charge is 2.52. The van der Waals surface area contributed by atoms with Gasteiger partial charge in [-0.05, 0) is 30.9 Å². The molecule has 1 aromatic heterocycles. The molecule has 1 aliphatic heterocycles. The maximum Gasteiger partial charge on any atom is 0.158 e. The Bertz CT molecular complexity index is 792. The Hall–Kier alpha value is -1.17. The second-order valence-corrected chi connectivity index (χ2v) is 8.55. The lowest BCUT2D eigenvalue weighted by Gasteiger charge is -2.60. The van der Waals surface area contributed by atoms with Gasteiger partial charge >= 0.3 is 0 Å². The van der Waals surface area contributed by atoms with Gasteiger partial charge in [-0.15, -0.1) is 0 Å². The van der Waals surface area contributed by atoms with Crippen LogP contribution in [0.2, 0.25) is 10.0 Å². The minimum atomic E-state index is 0.427. The largest absolute Gasteiger partial charge is 0.381 e. The van der Waals surface area contributed by atoms with Crippen LogP contribution in [0.15, 0.2) is 34.3 Å². The second-order valence-electron chi connectivity index (χ2n) is 6.73. The van der Waals surface area contributed by atoms with Gasteiger partial charge in [0.1, 0.15) is 10.8 Å². The zero-order chi connectivity index (χ0) is 16.9. The van der Waals surface area contributed by atoms with E-state index in [1.165, 1.54) is 24.6 Å². The van der Waals surface area contributed by atoms with Crippen LogP contribution < -0.4 is 10.6 Å². The van der Waals surface area contributed by atoms with Gasteiger partial charge in [-0.3, -0.25) is 0 Å². The third-order valence-electron chi connectivity index (χ3n) is 5.33. The molecule has 0 bridgehead atoms. The van der Waals surface area contributed by atoms with Crippen LogP contribution in [0.25, 0.3) is 0 Å². The minimum absolute atomic E-state index is 0.427. The van der Waals surface area contributed by atoms with Crippen molar-refractivity contribution < 1.29 is 0 Å². The highest BCUT2D eigenvalue weighted by Crippen LogP contribution is 2.53. The summed E-state index contributed by atoms with van der Waals surface area (Å²) in [6.45, 7) is 4.47. The molecular formula is C17H18Cl2N4S. The van der Waals surface area contributed by atoms with E-state index < -0.39 is 0 Å². The molecule has 1 spiro atoms. The smallest absolute Gasteiger partial charge is 0.158 e. The summed E-state index contributed by atoms with van der Waals surface area (Å²) < 4.78 is 0. The van der Waals surface area contributed by atoms with Crippen molar-refractivity contribution in [3.05, 3.63) is 34.4 Å². The lowest BCUT2D eigenvalue weighted by atomic mass is 9.56. The van der Waals surface area contributed by atoms with Crippen LogP contribution in [0.1, 0.15) is 19.8 Å². The fraction of sp³-hybridized carbons (Fsp3) is 0.412. The van der Waals surface area contributed by atoms with Crippen molar-refractivity contribution in [1.82, 2.24) is 9.97 Å². The van der Waals surface area contributed by atoms with Crippen LogP contribution in [0.3, 0.4) is 0 Å². The molecule has 0 amide bonds. The van der Waals surface area contributed by atoms with Crippen LogP contribution >= 0.6 is 35.0 Å². The van der Waals surface area contributed by atoms with Crippen LogP contribution in [-0.4, -0.2) is 23.1 Å². The number of aromatic nitrogens is 2. The zero-order valence-corrected chi connectivity index (χ0v) is 15.6. The zero-order valence-electron chi connectivity index (χ0n) is 13.3. The first kappa shape index (κ1) is 16.3. The number of nitrogens with two attached hydrogens (primary N) is 1. The highest BCUT2D eigenvalue weighted by molar-refractivity contribution is 7.99. The van der Waals surface area contributed by atoms with Gasteiger partial charge in [-0.1, -0.05) is 48.0 Å². The number of nitrogen functional groups attached to an aromatic ring is 1. The molecule has 2 N–H and O–H groups in total. The number of halogens is 2. The summed E-state index contributed by atoms with van der Waals surface area (Å²) in [4.78, 5) is 12.1. The molecule has 2 aromatic rings. The summed E-state index contributed by atoms with van der Waals surface area (Å²) in [5, 5.41) is 1.68. The van der Waals surface area contributed by atoms with E-state index >= 15 is 0 Å². The number of rotatable bonds is 3. The lowest BCUT2D eigenvalue weighted by Crippen LogP contribution is -2.64. The third kappa shape index (κ3) is 2.63. The van der Waals surface area contributed by atoms with Crippen molar-refractivity contribution in [2.45, 2.75) is 29.7 Å². The van der Waals surface area contributed by atoms with Gasteiger partial charge < -0.3 is 10.6 Å². The molecule has 4 nitrogen and oxygen atoms in total. The van der Waals surface area contributed by atoms with E-state index in [0.29, 0.717) is 26.3 Å². The summed E-state index contributed by atoms with van der Waals surface area (Å²) in [5.74, 6) is 2.11. The Kier molecular flexibility index (Phi) is 4.06. The number of hydrogen-bond acceptors (Lipinski definition) is 5. The predicted octanol–water partition coefficient (Wildman–Crippen LogP) is 4.75. The maximum atomic E-state index is 6.23. The molecule has 1 saturated heterocycles. The van der Waals surface area contributed by atoms with Gasteiger partial charge in [0.15, 0.2) is 5.82 Å². The number of hydrogen-bond donors (Lipinski definition) is 1. The molecule has 24 heavy (non-hydrogen) atoms. The van der Waals surface area contributed by atoms with Gasteiger partial charge in [0, 0.05) is 23.4 Å². The van der Waals surface area contributed by atoms with Crippen LogP contribution in [0, 0.1) is 11.3 Å². The topological polar surface area (TPSA) is 55.0 Å². The average Bonchev–Trinajstić information content (AvgIpc) is 2.51. The molecule has 0 unspecified atom stereocenters. The molecule has 0 radical (unpaired) electrons. The lowest BCUT2D eigenvalue weighted by molar-refractivity contribution is 0.0114. The number of anilines is 2. The normalized spacial score (nSPS) is 21.5. The molecule has 1 atom stereocenters. The van der Waals surface area contributed by atoms with Crippen molar-refractivity contribution in [1.29, 1.82) is 0 Å². The van der Waals surface area contributed by atoms with E-state index in [4.69, 9.17) is 28.9 Å². The molecule has 2 heterocycles. The van der Waals surface area contributed by atoms with Crippen molar-refractivity contribution in [3.63, 3.8) is 0 Å². The van der Waals surface area contributed by atoms with Gasteiger partial charge in [-0.25, -0.2) is 9.97 Å². The molecular weight excluding hydrogens is 363 g/mol. The Balaban J connectivity index is 1.50. The molecule has 2 fully saturated rings. The molecule has 1 aromatic carbocycles. The number of nitrogens with zero attached hydrogens (tertiary/aromatic N) is 3. The van der Waals surface area contributed by atoms with Gasteiger partial charge in [0.2, 0.25) is 0 Å². The van der Waals surface area contributed by atoms with Crippen LogP contribution in [-0.2, 0) is 0 Å². The maximum absolute atomic E-state index is 6.23. The molecule has 2 aliphatic rings. The quantitative estimate of drug-likeness (QED) is 0.831. The monoisotopic (exact) mass is 380 g/mol. The van der Waals surface area contributed by atoms with E-state index in [9.17, 15) is 0 Å². The van der Waals surface area contributed by atoms with E-state index in [1.807, 2.05) is 12.1 Å². The fourth-order valence-electron chi connectivity index (χ4n) is 3.47. The predicted molar refractivity (Wildman–Crippen MR) is 100 cm³/mol. The van der Waals surface area contributed by atoms with Gasteiger partial charge in [0.25, 0.3) is 0 Å². The van der Waals surface area contributed by atoms with Crippen molar-refractivity contribution in [2.75, 3.05) is 23.7 Å². The Labute approximate surface area is 155 Å². The van der Waals surface area contributed by atoms with Crippen LogP contribution in [0.5, 0.6) is 0 Å². The van der Waals surface area contributed by atoms with Crippen molar-refractivity contribution in [3.8, 4) is 0 Å². The Morgan fingerprint density at radius 2 is 2.12 bits per heavy atom. The molecule has 1 aliphatic carbocycles. The highest BCUT2D eigenvalue weighted by atomic mass is 35.5. The van der Waals surface area contributed by atoms with E-state index in [-0.39, 0.29) is 0 Å². The number of benzene rings is 1. The summed E-state index contributed by atoms with van der Waals surface area (Å²) in [7, 11) is 0. The molecule has 4 rings (SSSR count). The first-order chi connectivity index (χ1) is 11.5. The standard InChI is InChI=1S/C17H18Cl2N4S/c1-10-5-6-17(10)8-23(9-17)13-7-21-16(15(20)22-13)24-12-4-2-3-11(18)14(12)19/h2-4,7,10H,5-6,8-9H2,1H3,(H2,20,22)/t10-/m1/s1. The summed E-state index contributed by atoms with van der Waals surface area (Å²) in [5.41, 5.74) is 6.63. The van der Waals surface area contributed by atoms with E-state index in [1.54, 1.807) is 12.3 Å². The first-order valence-corrected chi connectivity index (χ1v) is 9.55. The van der Waals surface area contributed by atoms with Crippen molar-refractivity contribution >= 4 is 46.6 Å². The summed E-state index contributed by atoms with van der Waals surface area (Å²) in [6.07, 6.45) is 4.47. The fourth-order valence-corrected chi connectivity index (χ4v) is 4.75. The summed E-state index contributed by atoms with van der Waals surface area (Å²) >= 11 is 13.7. The second kappa shape index (κ2) is 5.97. The molecule has 7 heteroatoms. The van der Waals surface area contributed by atoms with Gasteiger partial charge in [-0.2, -0.15) is 0 Å². The molecule has 1 saturated carbocycles. The summed E-state index contributed by atoms with van der Waals surface area (Å²) in [6, 6.07) is 5.51. The average molecular weight is 381 g/mol. The SMILES string of the molecule is C[C@@H]1CCC12CN(c1cnc(Sc3cccc(Cl)c3Cl)c(N)n1)C2. The van der Waals surface area contributed by atoms with E-state index in [2.05, 4.69) is 21.8 Å². The first-order valence-electron chi connectivity index (χ1n) is 7.98.